The van der Waals surface area contributed by atoms with Gasteiger partial charge in [-0.1, -0.05) is 19.1 Å². The summed E-state index contributed by atoms with van der Waals surface area (Å²) in [5.41, 5.74) is 4.57. The molecule has 39 heavy (non-hydrogen) atoms. The lowest BCUT2D eigenvalue weighted by Crippen LogP contribution is -2.37. The number of rotatable bonds is 12. The smallest absolute Gasteiger partial charge is 0.228 e. The van der Waals surface area contributed by atoms with Crippen LogP contribution in [0.25, 0.3) is 21.7 Å². The molecule has 1 aliphatic heterocycles. The summed E-state index contributed by atoms with van der Waals surface area (Å²) in [6, 6.07) is 17.4. The second-order valence-corrected chi connectivity index (χ2v) is 9.27. The summed E-state index contributed by atoms with van der Waals surface area (Å²) in [7, 11) is 1.64. The number of hydrogen-bond donors (Lipinski definition) is 1. The quantitative estimate of drug-likeness (QED) is 0.159. The molecule has 0 bridgehead atoms. The minimum absolute atomic E-state index is 0.591. The van der Waals surface area contributed by atoms with Crippen LogP contribution in [0.1, 0.15) is 13.3 Å². The Hall–Kier alpha value is -3.92. The number of benzene rings is 3. The minimum atomic E-state index is 0.591. The van der Waals surface area contributed by atoms with Gasteiger partial charge < -0.3 is 18.9 Å². The molecule has 0 radical (unpaired) electrons. The van der Waals surface area contributed by atoms with Crippen molar-refractivity contribution in [3.63, 3.8) is 0 Å². The largest absolute Gasteiger partial charge is 0.493 e. The van der Waals surface area contributed by atoms with Gasteiger partial charge in [-0.2, -0.15) is 0 Å². The lowest BCUT2D eigenvalue weighted by Gasteiger charge is -2.26. The van der Waals surface area contributed by atoms with Crippen molar-refractivity contribution >= 4 is 33.8 Å². The number of hydrogen-bond acceptors (Lipinski definition) is 8. The lowest BCUT2D eigenvalue weighted by molar-refractivity contribution is -0.108. The molecular weight excluding hydrogens is 496 g/mol. The summed E-state index contributed by atoms with van der Waals surface area (Å²) in [6.07, 6.45) is 3.42. The molecule has 0 spiro atoms. The molecule has 9 heteroatoms. The van der Waals surface area contributed by atoms with E-state index in [1.807, 2.05) is 61.5 Å². The van der Waals surface area contributed by atoms with Crippen molar-refractivity contribution in [3.05, 3.63) is 60.8 Å². The number of methoxy groups -OCH3 is 1. The molecule has 1 aromatic heterocycles. The normalized spacial score (nSPS) is 13.9. The average Bonchev–Trinajstić information content (AvgIpc) is 2.98. The molecule has 0 aliphatic carbocycles. The molecule has 2 heterocycles. The minimum Gasteiger partial charge on any atom is -0.493 e. The van der Waals surface area contributed by atoms with E-state index in [0.29, 0.717) is 36.1 Å². The number of amides is 1. The number of aromatic nitrogens is 1. The Labute approximate surface area is 228 Å². The number of nitrogens with one attached hydrogen (secondary N) is 1. The second kappa shape index (κ2) is 12.8. The van der Waals surface area contributed by atoms with E-state index in [1.165, 1.54) is 5.01 Å². The Morgan fingerprint density at radius 1 is 1.03 bits per heavy atom. The fourth-order valence-corrected chi connectivity index (χ4v) is 4.70. The van der Waals surface area contributed by atoms with E-state index in [4.69, 9.17) is 18.9 Å². The van der Waals surface area contributed by atoms with Crippen LogP contribution in [-0.2, 0) is 9.53 Å². The van der Waals surface area contributed by atoms with E-state index in [2.05, 4.69) is 15.3 Å². The Balaban J connectivity index is 1.31. The van der Waals surface area contributed by atoms with Gasteiger partial charge in [0.1, 0.15) is 11.5 Å². The molecule has 4 aromatic rings. The van der Waals surface area contributed by atoms with Crippen LogP contribution in [0, 0.1) is 0 Å². The van der Waals surface area contributed by atoms with Gasteiger partial charge in [-0.15, -0.1) is 0 Å². The maximum absolute atomic E-state index is 11.4. The second-order valence-electron chi connectivity index (χ2n) is 9.27. The topological polar surface area (TPSA) is 85.4 Å². The summed E-state index contributed by atoms with van der Waals surface area (Å²) >= 11 is 0. The molecule has 5 rings (SSSR count). The summed E-state index contributed by atoms with van der Waals surface area (Å²) < 4.78 is 23.5. The summed E-state index contributed by atoms with van der Waals surface area (Å²) in [5.74, 6) is 2.68. The predicted octanol–water partition coefficient (Wildman–Crippen LogP) is 4.78. The maximum Gasteiger partial charge on any atom is 0.228 e. The Morgan fingerprint density at radius 2 is 1.85 bits per heavy atom. The predicted molar refractivity (Wildman–Crippen MR) is 152 cm³/mol. The number of carbonyl (C=O) groups is 1. The number of morpholine rings is 1. The van der Waals surface area contributed by atoms with Crippen LogP contribution in [-0.4, -0.2) is 69.4 Å². The first-order chi connectivity index (χ1) is 19.2. The van der Waals surface area contributed by atoms with Gasteiger partial charge in [-0.05, 0) is 53.6 Å². The molecule has 1 fully saturated rings. The van der Waals surface area contributed by atoms with Gasteiger partial charge in [-0.3, -0.25) is 14.7 Å². The van der Waals surface area contributed by atoms with E-state index in [9.17, 15) is 4.79 Å². The SMILES string of the molecule is CCNN(C=O)c1ccc2cc(Oc3ccnc4cc(OCCCN5CCOCC5)c(OC)cc34)ccc2c1. The van der Waals surface area contributed by atoms with E-state index in [-0.39, 0.29) is 0 Å². The molecule has 0 saturated carbocycles. The first-order valence-corrected chi connectivity index (χ1v) is 13.3. The monoisotopic (exact) mass is 530 g/mol. The summed E-state index contributed by atoms with van der Waals surface area (Å²) in [4.78, 5) is 18.3. The Bertz CT molecular complexity index is 1420. The average molecular weight is 531 g/mol. The van der Waals surface area contributed by atoms with Crippen LogP contribution in [0.3, 0.4) is 0 Å². The third-order valence-corrected chi connectivity index (χ3v) is 6.70. The number of hydrazine groups is 1. The van der Waals surface area contributed by atoms with Crippen molar-refractivity contribution in [3.8, 4) is 23.0 Å². The Morgan fingerprint density at radius 3 is 2.64 bits per heavy atom. The third kappa shape index (κ3) is 6.39. The molecule has 204 valence electrons. The highest BCUT2D eigenvalue weighted by Gasteiger charge is 2.14. The molecule has 1 N–H and O–H groups in total. The zero-order valence-electron chi connectivity index (χ0n) is 22.4. The van der Waals surface area contributed by atoms with Crippen molar-refractivity contribution in [2.45, 2.75) is 13.3 Å². The van der Waals surface area contributed by atoms with E-state index >= 15 is 0 Å². The first-order valence-electron chi connectivity index (χ1n) is 13.3. The fraction of sp³-hybridized carbons (Fsp3) is 0.333. The van der Waals surface area contributed by atoms with Crippen LogP contribution in [0.5, 0.6) is 23.0 Å². The van der Waals surface area contributed by atoms with Crippen LogP contribution in [0.15, 0.2) is 60.8 Å². The lowest BCUT2D eigenvalue weighted by atomic mass is 10.1. The van der Waals surface area contributed by atoms with Gasteiger partial charge in [0.25, 0.3) is 0 Å². The number of anilines is 1. The van der Waals surface area contributed by atoms with Gasteiger partial charge in [0.15, 0.2) is 11.5 Å². The van der Waals surface area contributed by atoms with Gasteiger partial charge in [0.05, 0.1) is 38.1 Å². The number of nitrogens with zero attached hydrogens (tertiary/aromatic N) is 3. The molecule has 1 saturated heterocycles. The van der Waals surface area contributed by atoms with Gasteiger partial charge in [0, 0.05) is 43.8 Å². The molecule has 3 aromatic carbocycles. The van der Waals surface area contributed by atoms with Gasteiger partial charge >= 0.3 is 0 Å². The van der Waals surface area contributed by atoms with Gasteiger partial charge in [-0.25, -0.2) is 10.4 Å². The third-order valence-electron chi connectivity index (χ3n) is 6.70. The van der Waals surface area contributed by atoms with Crippen molar-refractivity contribution in [2.75, 3.05) is 58.1 Å². The number of fused-ring (bicyclic) bond motifs is 2. The van der Waals surface area contributed by atoms with E-state index in [0.717, 1.165) is 73.0 Å². The van der Waals surface area contributed by atoms with E-state index in [1.54, 1.807) is 13.3 Å². The van der Waals surface area contributed by atoms with Crippen molar-refractivity contribution in [2.24, 2.45) is 0 Å². The number of pyridine rings is 1. The Kier molecular flexibility index (Phi) is 8.72. The zero-order valence-corrected chi connectivity index (χ0v) is 22.4. The van der Waals surface area contributed by atoms with Crippen molar-refractivity contribution in [1.82, 2.24) is 15.3 Å². The maximum atomic E-state index is 11.4. The molecule has 0 unspecified atom stereocenters. The van der Waals surface area contributed by atoms with Crippen LogP contribution in [0.2, 0.25) is 0 Å². The summed E-state index contributed by atoms with van der Waals surface area (Å²) in [5, 5.41) is 4.31. The van der Waals surface area contributed by atoms with Gasteiger partial charge in [0.2, 0.25) is 6.41 Å². The highest BCUT2D eigenvalue weighted by atomic mass is 16.5. The highest BCUT2D eigenvalue weighted by molar-refractivity contribution is 5.90. The molecule has 1 amide bonds. The van der Waals surface area contributed by atoms with Crippen LogP contribution < -0.4 is 24.6 Å². The van der Waals surface area contributed by atoms with Crippen LogP contribution >= 0.6 is 0 Å². The molecule has 1 aliphatic rings. The van der Waals surface area contributed by atoms with E-state index < -0.39 is 0 Å². The number of carbonyl (C=O) groups excluding carboxylic acids is 1. The van der Waals surface area contributed by atoms with Crippen molar-refractivity contribution in [1.29, 1.82) is 0 Å². The fourth-order valence-electron chi connectivity index (χ4n) is 4.70. The van der Waals surface area contributed by atoms with Crippen LogP contribution in [0.4, 0.5) is 5.69 Å². The highest BCUT2D eigenvalue weighted by Crippen LogP contribution is 2.37. The molecule has 9 nitrogen and oxygen atoms in total. The standard InChI is InChI=1S/C30H34N4O5/c1-3-32-34(21-35)24-7-5-23-18-25(8-6-22(23)17-24)39-28-9-10-31-27-20-30(29(36-2)19-26(27)28)38-14-4-11-33-12-15-37-16-13-33/h5-10,17-21,32H,3-4,11-16H2,1-2H3. The van der Waals surface area contributed by atoms with Crippen molar-refractivity contribution < 1.29 is 23.7 Å². The first kappa shape index (κ1) is 26.7. The molecular formula is C30H34N4O5. The summed E-state index contributed by atoms with van der Waals surface area (Å²) in [6.45, 7) is 7.71. The molecule has 0 atom stereocenters. The zero-order chi connectivity index (χ0) is 27.0. The number of ether oxygens (including phenoxy) is 4.